The minimum Gasteiger partial charge on any atom is -0.344 e. The van der Waals surface area contributed by atoms with E-state index < -0.39 is 58.9 Å². The van der Waals surface area contributed by atoms with Crippen LogP contribution in [0.15, 0.2) is 30.3 Å². The maximum Gasteiger partial charge on any atom is 0.290 e. The summed E-state index contributed by atoms with van der Waals surface area (Å²) >= 11 is 0. The van der Waals surface area contributed by atoms with Crippen LogP contribution in [-0.4, -0.2) is 103 Å². The molecule has 1 fully saturated rings. The first-order valence-electron chi connectivity index (χ1n) is 14.3. The maximum atomic E-state index is 13.2. The summed E-state index contributed by atoms with van der Waals surface area (Å²) in [5.41, 5.74) is -0.291. The van der Waals surface area contributed by atoms with E-state index in [9.17, 15) is 28.8 Å². The third-order valence-corrected chi connectivity index (χ3v) is 7.31. The Morgan fingerprint density at radius 1 is 0.929 bits per heavy atom. The highest BCUT2D eigenvalue weighted by molar-refractivity contribution is 6.38. The van der Waals surface area contributed by atoms with Crippen molar-refractivity contribution in [2.24, 2.45) is 11.3 Å². The molecule has 0 spiro atoms. The van der Waals surface area contributed by atoms with E-state index in [4.69, 9.17) is 0 Å². The fourth-order valence-corrected chi connectivity index (χ4v) is 4.54. The summed E-state index contributed by atoms with van der Waals surface area (Å²) in [5.74, 6) is -4.27. The first-order valence-corrected chi connectivity index (χ1v) is 14.3. The Balaban J connectivity index is 1.97. The maximum absolute atomic E-state index is 13.2. The van der Waals surface area contributed by atoms with Crippen LogP contribution >= 0.6 is 0 Å². The van der Waals surface area contributed by atoms with Gasteiger partial charge < -0.3 is 31.1 Å². The average Bonchev–Trinajstić information content (AvgIpc) is 3.43. The van der Waals surface area contributed by atoms with Gasteiger partial charge in [0.2, 0.25) is 23.5 Å². The van der Waals surface area contributed by atoms with E-state index in [2.05, 4.69) is 21.3 Å². The van der Waals surface area contributed by atoms with E-state index in [-0.39, 0.29) is 18.5 Å². The van der Waals surface area contributed by atoms with Gasteiger partial charge in [0.25, 0.3) is 11.8 Å². The highest BCUT2D eigenvalue weighted by atomic mass is 16.2. The number of rotatable bonds is 12. The van der Waals surface area contributed by atoms with Crippen LogP contribution in [0.4, 0.5) is 0 Å². The van der Waals surface area contributed by atoms with Crippen molar-refractivity contribution in [1.29, 1.82) is 0 Å². The van der Waals surface area contributed by atoms with E-state index in [1.807, 2.05) is 19.0 Å². The van der Waals surface area contributed by atoms with Crippen molar-refractivity contribution in [3.63, 3.8) is 0 Å². The highest BCUT2D eigenvalue weighted by Gasteiger charge is 2.36. The number of carbonyl (C=O) groups is 6. The minimum atomic E-state index is -1.17. The van der Waals surface area contributed by atoms with E-state index in [1.54, 1.807) is 69.9 Å². The second kappa shape index (κ2) is 14.9. The van der Waals surface area contributed by atoms with Gasteiger partial charge in [-0.2, -0.15) is 0 Å². The lowest BCUT2D eigenvalue weighted by molar-refractivity contribution is -0.142. The molecule has 12 nitrogen and oxygen atoms in total. The molecule has 1 aliphatic heterocycles. The third-order valence-electron chi connectivity index (χ3n) is 7.31. The Hall–Kier alpha value is -3.80. The van der Waals surface area contributed by atoms with Gasteiger partial charge in [0.05, 0.1) is 12.6 Å². The summed E-state index contributed by atoms with van der Waals surface area (Å²) in [6.07, 6.45) is 0.831. The molecular formula is C30H46N6O6. The van der Waals surface area contributed by atoms with Crippen molar-refractivity contribution in [2.45, 2.75) is 72.1 Å². The van der Waals surface area contributed by atoms with Crippen LogP contribution in [0.3, 0.4) is 0 Å². The van der Waals surface area contributed by atoms with E-state index in [1.165, 1.54) is 6.92 Å². The average molecular weight is 587 g/mol. The number of nitrogens with zero attached hydrogens (tertiary/aromatic N) is 2. The molecule has 1 aromatic rings. The van der Waals surface area contributed by atoms with Crippen LogP contribution in [0.2, 0.25) is 0 Å². The second-order valence-electron chi connectivity index (χ2n) is 12.4. The predicted molar refractivity (Wildman–Crippen MR) is 158 cm³/mol. The molecule has 1 aromatic carbocycles. The summed E-state index contributed by atoms with van der Waals surface area (Å²) in [6, 6.07) is 5.50. The fourth-order valence-electron chi connectivity index (χ4n) is 4.54. The number of likely N-dealkylation sites (tertiary alicyclic amines) is 1. The molecule has 0 aromatic heterocycles. The van der Waals surface area contributed by atoms with E-state index in [0.29, 0.717) is 18.7 Å². The number of ketones is 1. The summed E-state index contributed by atoms with van der Waals surface area (Å²) in [5, 5.41) is 10.3. The highest BCUT2D eigenvalue weighted by Crippen LogP contribution is 2.20. The SMILES string of the molecule is CC(C)[C@H](NC(=O)[C@H](C)NC(=O)[C@@H](NC(=O)c1ccccc1)C(C)(C)C)C(=O)C(=O)NCC(=O)N1CCC(N(C)C)C1. The Morgan fingerprint density at radius 2 is 1.55 bits per heavy atom. The Bertz CT molecular complexity index is 1150. The Kier molecular flexibility index (Phi) is 12.2. The number of carbonyl (C=O) groups excluding carboxylic acids is 6. The number of benzene rings is 1. The number of nitrogens with one attached hydrogen (secondary N) is 4. The third kappa shape index (κ3) is 9.64. The van der Waals surface area contributed by atoms with E-state index >= 15 is 0 Å². The van der Waals surface area contributed by atoms with Gasteiger partial charge in [-0.15, -0.1) is 0 Å². The topological polar surface area (TPSA) is 157 Å². The molecule has 4 N–H and O–H groups in total. The molecule has 1 saturated heterocycles. The van der Waals surface area contributed by atoms with Crippen LogP contribution < -0.4 is 21.3 Å². The van der Waals surface area contributed by atoms with Gasteiger partial charge in [-0.25, -0.2) is 0 Å². The van der Waals surface area contributed by atoms with Crippen molar-refractivity contribution in [2.75, 3.05) is 33.7 Å². The molecular weight excluding hydrogens is 540 g/mol. The molecule has 5 amide bonds. The zero-order chi connectivity index (χ0) is 31.8. The monoisotopic (exact) mass is 586 g/mol. The fraction of sp³-hybridized carbons (Fsp3) is 0.600. The van der Waals surface area contributed by atoms with Crippen molar-refractivity contribution in [3.8, 4) is 0 Å². The molecule has 232 valence electrons. The van der Waals surface area contributed by atoms with Crippen molar-refractivity contribution in [1.82, 2.24) is 31.1 Å². The first-order chi connectivity index (χ1) is 19.5. The minimum absolute atomic E-state index is 0.244. The van der Waals surface area contributed by atoms with Crippen molar-refractivity contribution in [3.05, 3.63) is 35.9 Å². The number of hydrogen-bond acceptors (Lipinski definition) is 7. The van der Waals surface area contributed by atoms with Gasteiger partial charge in [-0.05, 0) is 50.9 Å². The molecule has 0 aliphatic carbocycles. The molecule has 0 bridgehead atoms. The largest absolute Gasteiger partial charge is 0.344 e. The molecule has 1 heterocycles. The van der Waals surface area contributed by atoms with Gasteiger partial charge in [-0.1, -0.05) is 52.8 Å². The standard InChI is InChI=1S/C30H46N6O6/c1-18(2)23(24(38)28(41)31-16-22(37)36-15-14-21(17-36)35(7)8)33-26(39)19(3)32-29(42)25(30(4,5)6)34-27(40)20-12-10-9-11-13-20/h9-13,18-19,21,23,25H,14-17H2,1-8H3,(H,31,41)(H,32,42)(H,33,39)(H,34,40)/t19-,21?,23-,25+/m0/s1. The van der Waals surface area contributed by atoms with Crippen LogP contribution in [0, 0.1) is 11.3 Å². The van der Waals surface area contributed by atoms with Crippen LogP contribution in [0.25, 0.3) is 0 Å². The molecule has 2 rings (SSSR count). The van der Waals surface area contributed by atoms with Crippen LogP contribution in [0.1, 0.15) is 58.3 Å². The first kappa shape index (κ1) is 34.4. The summed E-state index contributed by atoms with van der Waals surface area (Å²) in [4.78, 5) is 80.7. The van der Waals surface area contributed by atoms with Crippen molar-refractivity contribution < 1.29 is 28.8 Å². The number of likely N-dealkylation sites (N-methyl/N-ethyl adjacent to an activating group) is 1. The van der Waals surface area contributed by atoms with Gasteiger partial charge >= 0.3 is 0 Å². The second-order valence-corrected chi connectivity index (χ2v) is 12.4. The van der Waals surface area contributed by atoms with Crippen molar-refractivity contribution >= 4 is 35.3 Å². The smallest absolute Gasteiger partial charge is 0.290 e. The van der Waals surface area contributed by atoms with Gasteiger partial charge in [-0.3, -0.25) is 28.8 Å². The molecule has 0 saturated carbocycles. The molecule has 0 radical (unpaired) electrons. The molecule has 4 atom stereocenters. The number of amides is 5. The van der Waals surface area contributed by atoms with Crippen LogP contribution in [0.5, 0.6) is 0 Å². The van der Waals surface area contributed by atoms with Gasteiger partial charge in [0.15, 0.2) is 0 Å². The van der Waals surface area contributed by atoms with Gasteiger partial charge in [0.1, 0.15) is 12.1 Å². The number of hydrogen-bond donors (Lipinski definition) is 4. The molecule has 42 heavy (non-hydrogen) atoms. The lowest BCUT2D eigenvalue weighted by atomic mass is 9.85. The predicted octanol–water partition coefficient (Wildman–Crippen LogP) is 0.324. The zero-order valence-electron chi connectivity index (χ0n) is 25.9. The lowest BCUT2D eigenvalue weighted by Gasteiger charge is -2.31. The number of Topliss-reactive ketones (excluding diaryl/α,β-unsaturated/α-hetero) is 1. The molecule has 1 aliphatic rings. The van der Waals surface area contributed by atoms with E-state index in [0.717, 1.165) is 6.42 Å². The Morgan fingerprint density at radius 3 is 2.07 bits per heavy atom. The Labute approximate surface area is 248 Å². The quantitative estimate of drug-likeness (QED) is 0.257. The lowest BCUT2D eigenvalue weighted by Crippen LogP contribution is -2.59. The zero-order valence-corrected chi connectivity index (χ0v) is 25.9. The summed E-state index contributed by atoms with van der Waals surface area (Å²) in [7, 11) is 3.89. The summed E-state index contributed by atoms with van der Waals surface area (Å²) in [6.45, 7) is 11.0. The normalized spacial score (nSPS) is 17.3. The van der Waals surface area contributed by atoms with Gasteiger partial charge in [0, 0.05) is 24.7 Å². The molecule has 12 heteroatoms. The molecule has 1 unspecified atom stereocenters. The van der Waals surface area contributed by atoms with Crippen LogP contribution in [-0.2, 0) is 24.0 Å². The summed E-state index contributed by atoms with van der Waals surface area (Å²) < 4.78 is 0.